The molecule has 0 saturated carbocycles. The zero-order valence-electron chi connectivity index (χ0n) is 16.7. The lowest BCUT2D eigenvalue weighted by molar-refractivity contribution is 0.140. The van der Waals surface area contributed by atoms with Crippen LogP contribution in [0.5, 0.6) is 0 Å². The van der Waals surface area contributed by atoms with Crippen LogP contribution in [0.1, 0.15) is 19.4 Å². The molecule has 0 radical (unpaired) electrons. The molecule has 1 unspecified atom stereocenters. The summed E-state index contributed by atoms with van der Waals surface area (Å²) in [5, 5.41) is 4.20. The van der Waals surface area contributed by atoms with E-state index >= 15 is 0 Å². The van der Waals surface area contributed by atoms with Crippen molar-refractivity contribution in [1.29, 1.82) is 0 Å². The van der Waals surface area contributed by atoms with E-state index in [0.717, 1.165) is 55.8 Å². The Labute approximate surface area is 164 Å². The van der Waals surface area contributed by atoms with Gasteiger partial charge >= 0.3 is 0 Å². The highest BCUT2D eigenvalue weighted by atomic mass is 35.5. The van der Waals surface area contributed by atoms with Gasteiger partial charge in [-0.3, -0.25) is 4.99 Å². The molecule has 26 heavy (non-hydrogen) atoms. The topological polar surface area (TPSA) is 34.1 Å². The van der Waals surface area contributed by atoms with Gasteiger partial charge in [-0.1, -0.05) is 36.7 Å². The third-order valence-corrected chi connectivity index (χ3v) is 5.15. The summed E-state index contributed by atoms with van der Waals surface area (Å²) in [7, 11) is 4.26. The van der Waals surface area contributed by atoms with Crippen molar-refractivity contribution >= 4 is 17.6 Å². The Morgan fingerprint density at radius 1 is 1.27 bits per heavy atom. The van der Waals surface area contributed by atoms with Gasteiger partial charge in [0.05, 0.1) is 0 Å². The molecule has 1 saturated heterocycles. The average Bonchev–Trinajstić information content (AvgIpc) is 2.62. The van der Waals surface area contributed by atoms with Crippen molar-refractivity contribution < 1.29 is 0 Å². The first-order valence-corrected chi connectivity index (χ1v) is 10.0. The average molecular weight is 380 g/mol. The van der Waals surface area contributed by atoms with Gasteiger partial charge in [0.2, 0.25) is 0 Å². The molecule has 1 aliphatic rings. The van der Waals surface area contributed by atoms with Crippen LogP contribution in [-0.2, 0) is 6.54 Å². The van der Waals surface area contributed by atoms with Gasteiger partial charge in [0.15, 0.2) is 5.96 Å². The number of rotatable bonds is 7. The van der Waals surface area contributed by atoms with E-state index in [0.29, 0.717) is 5.92 Å². The number of aliphatic imine (C=N–C) groups is 1. The Hall–Kier alpha value is -1.30. The molecule has 1 fully saturated rings. The van der Waals surface area contributed by atoms with Crippen LogP contribution in [0.15, 0.2) is 29.3 Å². The van der Waals surface area contributed by atoms with Crippen molar-refractivity contribution in [2.75, 3.05) is 59.9 Å². The van der Waals surface area contributed by atoms with E-state index in [4.69, 9.17) is 16.6 Å². The fraction of sp³-hybridized carbons (Fsp3) is 0.650. The lowest BCUT2D eigenvalue weighted by atomic mass is 10.1. The number of hydrogen-bond donors (Lipinski definition) is 1. The third kappa shape index (κ3) is 6.78. The van der Waals surface area contributed by atoms with E-state index in [2.05, 4.69) is 54.0 Å². The zero-order chi connectivity index (χ0) is 18.9. The molecule has 1 aliphatic heterocycles. The highest BCUT2D eigenvalue weighted by Gasteiger charge is 2.16. The van der Waals surface area contributed by atoms with Gasteiger partial charge in [0, 0.05) is 64.4 Å². The lowest BCUT2D eigenvalue weighted by Gasteiger charge is -2.33. The summed E-state index contributed by atoms with van der Waals surface area (Å²) in [4.78, 5) is 12.0. The van der Waals surface area contributed by atoms with Gasteiger partial charge < -0.3 is 20.0 Å². The fourth-order valence-corrected chi connectivity index (χ4v) is 3.39. The van der Waals surface area contributed by atoms with Crippen LogP contribution < -0.4 is 5.32 Å². The molecular formula is C20H34ClN5. The largest absolute Gasteiger partial charge is 0.357 e. The van der Waals surface area contributed by atoms with Crippen molar-refractivity contribution in [1.82, 2.24) is 20.0 Å². The van der Waals surface area contributed by atoms with E-state index in [1.54, 1.807) is 0 Å². The second-order valence-corrected chi connectivity index (χ2v) is 7.76. The molecule has 0 bridgehead atoms. The molecule has 146 valence electrons. The number of nitrogens with one attached hydrogen (secondary N) is 1. The Bertz CT molecular complexity index is 569. The number of benzene rings is 1. The first-order valence-electron chi connectivity index (χ1n) is 9.63. The SMILES string of the molecule is CCNC(=NCC(C)CN1CCN(C)CC1)N(C)Cc1ccccc1Cl. The smallest absolute Gasteiger partial charge is 0.193 e. The minimum absolute atomic E-state index is 0.542. The normalized spacial score (nSPS) is 18.0. The summed E-state index contributed by atoms with van der Waals surface area (Å²) >= 11 is 6.30. The second-order valence-electron chi connectivity index (χ2n) is 7.35. The van der Waals surface area contributed by atoms with Crippen molar-refractivity contribution in [2.45, 2.75) is 20.4 Å². The molecule has 2 rings (SSSR count). The first kappa shape index (κ1) is 21.0. The number of piperazine rings is 1. The van der Waals surface area contributed by atoms with E-state index in [-0.39, 0.29) is 0 Å². The number of nitrogens with zero attached hydrogens (tertiary/aromatic N) is 4. The van der Waals surface area contributed by atoms with E-state index in [9.17, 15) is 0 Å². The molecule has 0 aliphatic carbocycles. The predicted molar refractivity (Wildman–Crippen MR) is 112 cm³/mol. The maximum absolute atomic E-state index is 6.30. The number of likely N-dealkylation sites (N-methyl/N-ethyl adjacent to an activating group) is 1. The van der Waals surface area contributed by atoms with Crippen molar-refractivity contribution in [3.63, 3.8) is 0 Å². The number of halogens is 1. The van der Waals surface area contributed by atoms with Crippen molar-refractivity contribution in [3.8, 4) is 0 Å². The maximum Gasteiger partial charge on any atom is 0.193 e. The summed E-state index contributed by atoms with van der Waals surface area (Å²) in [6.07, 6.45) is 0. The quantitative estimate of drug-likeness (QED) is 0.583. The minimum Gasteiger partial charge on any atom is -0.357 e. The van der Waals surface area contributed by atoms with E-state index in [1.807, 2.05) is 18.2 Å². The summed E-state index contributed by atoms with van der Waals surface area (Å²) in [5.41, 5.74) is 1.12. The molecule has 1 aromatic carbocycles. The van der Waals surface area contributed by atoms with Gasteiger partial charge in [-0.2, -0.15) is 0 Å². The third-order valence-electron chi connectivity index (χ3n) is 4.78. The van der Waals surface area contributed by atoms with Crippen LogP contribution in [0.3, 0.4) is 0 Å². The standard InChI is InChI=1S/C20H34ClN5/c1-5-22-20(25(4)16-18-8-6-7-9-19(18)21)23-14-17(2)15-26-12-10-24(3)11-13-26/h6-9,17H,5,10-16H2,1-4H3,(H,22,23). The zero-order valence-corrected chi connectivity index (χ0v) is 17.5. The number of hydrogen-bond acceptors (Lipinski definition) is 3. The number of guanidine groups is 1. The lowest BCUT2D eigenvalue weighted by Crippen LogP contribution is -2.46. The summed E-state index contributed by atoms with van der Waals surface area (Å²) in [5.74, 6) is 1.48. The summed E-state index contributed by atoms with van der Waals surface area (Å²) in [6, 6.07) is 7.99. The van der Waals surface area contributed by atoms with E-state index in [1.165, 1.54) is 13.1 Å². The Morgan fingerprint density at radius 3 is 2.62 bits per heavy atom. The van der Waals surface area contributed by atoms with Gasteiger partial charge in [-0.05, 0) is 31.5 Å². The molecule has 1 aromatic rings. The molecule has 1 atom stereocenters. The molecular weight excluding hydrogens is 346 g/mol. The molecule has 5 nitrogen and oxygen atoms in total. The van der Waals surface area contributed by atoms with Gasteiger partial charge in [0.25, 0.3) is 0 Å². The Balaban J connectivity index is 1.89. The van der Waals surface area contributed by atoms with Gasteiger partial charge in [-0.25, -0.2) is 0 Å². The predicted octanol–water partition coefficient (Wildman–Crippen LogP) is 2.62. The molecule has 1 N–H and O–H groups in total. The van der Waals surface area contributed by atoms with Crippen LogP contribution in [0.2, 0.25) is 5.02 Å². The highest BCUT2D eigenvalue weighted by Crippen LogP contribution is 2.16. The Morgan fingerprint density at radius 2 is 1.96 bits per heavy atom. The fourth-order valence-electron chi connectivity index (χ4n) is 3.20. The van der Waals surface area contributed by atoms with Crippen LogP contribution in [0.25, 0.3) is 0 Å². The Kier molecular flexibility index (Phi) is 8.69. The molecule has 0 aromatic heterocycles. The highest BCUT2D eigenvalue weighted by molar-refractivity contribution is 6.31. The van der Waals surface area contributed by atoms with Crippen LogP contribution in [0.4, 0.5) is 0 Å². The monoisotopic (exact) mass is 379 g/mol. The van der Waals surface area contributed by atoms with Crippen molar-refractivity contribution in [3.05, 3.63) is 34.9 Å². The second kappa shape index (κ2) is 10.8. The van der Waals surface area contributed by atoms with E-state index < -0.39 is 0 Å². The summed E-state index contributed by atoms with van der Waals surface area (Å²) < 4.78 is 0. The molecule has 0 spiro atoms. The van der Waals surface area contributed by atoms with Crippen molar-refractivity contribution in [2.24, 2.45) is 10.9 Å². The molecule has 0 amide bonds. The molecule has 6 heteroatoms. The first-order chi connectivity index (χ1) is 12.5. The maximum atomic E-state index is 6.30. The van der Waals surface area contributed by atoms with Crippen LogP contribution in [0, 0.1) is 5.92 Å². The van der Waals surface area contributed by atoms with Crippen LogP contribution >= 0.6 is 11.6 Å². The van der Waals surface area contributed by atoms with Gasteiger partial charge in [0.1, 0.15) is 0 Å². The minimum atomic E-state index is 0.542. The van der Waals surface area contributed by atoms with Crippen LogP contribution in [-0.4, -0.2) is 80.6 Å². The summed E-state index contributed by atoms with van der Waals surface area (Å²) in [6.45, 7) is 12.6. The van der Waals surface area contributed by atoms with Gasteiger partial charge in [-0.15, -0.1) is 0 Å². The molecule has 1 heterocycles.